The lowest BCUT2D eigenvalue weighted by Gasteiger charge is -2.31. The van der Waals surface area contributed by atoms with Gasteiger partial charge in [-0.15, -0.1) is 0 Å². The van der Waals surface area contributed by atoms with Crippen molar-refractivity contribution in [3.05, 3.63) is 64.8 Å². The zero-order valence-corrected chi connectivity index (χ0v) is 23.2. The first-order valence-electron chi connectivity index (χ1n) is 13.2. The van der Waals surface area contributed by atoms with E-state index in [1.807, 2.05) is 0 Å². The van der Waals surface area contributed by atoms with Crippen molar-refractivity contribution in [1.82, 2.24) is 15.6 Å². The summed E-state index contributed by atoms with van der Waals surface area (Å²) < 4.78 is 45.4. The molecule has 4 rings (SSSR count). The van der Waals surface area contributed by atoms with Crippen molar-refractivity contribution in [2.24, 2.45) is 0 Å². The molecule has 1 saturated carbocycles. The number of ether oxygens (including phenoxy) is 1. The fraction of sp³-hybridized carbons (Fsp3) is 0.379. The second kappa shape index (κ2) is 12.8. The summed E-state index contributed by atoms with van der Waals surface area (Å²) >= 11 is 6.10. The SMILES string of the molecule is CC(=O)NC(Cc1ccc(OC(C)=O)cc1)C(=O)N[C@H]1CC[C@@H](Nc2cc(C(F)(F)F)nc3ccc(Cl)cc23)CC1. The number of carbonyl (C=O) groups excluding carboxylic acids is 3. The molecule has 1 aromatic heterocycles. The van der Waals surface area contributed by atoms with Crippen LogP contribution in [-0.2, 0) is 27.0 Å². The lowest BCUT2D eigenvalue weighted by molar-refractivity contribution is -0.141. The Hall–Kier alpha value is -3.86. The summed E-state index contributed by atoms with van der Waals surface area (Å²) in [5, 5.41) is 9.82. The Labute approximate surface area is 240 Å². The minimum Gasteiger partial charge on any atom is -0.427 e. The van der Waals surface area contributed by atoms with Crippen LogP contribution in [-0.4, -0.2) is 40.9 Å². The van der Waals surface area contributed by atoms with E-state index in [-0.39, 0.29) is 35.8 Å². The van der Waals surface area contributed by atoms with Crippen molar-refractivity contribution in [3.8, 4) is 5.75 Å². The number of hydrogen-bond donors (Lipinski definition) is 3. The average Bonchev–Trinajstić information content (AvgIpc) is 2.89. The third kappa shape index (κ3) is 8.32. The molecule has 1 fully saturated rings. The second-order valence-electron chi connectivity index (χ2n) is 10.1. The Morgan fingerprint density at radius 2 is 1.66 bits per heavy atom. The van der Waals surface area contributed by atoms with Gasteiger partial charge in [-0.1, -0.05) is 23.7 Å². The second-order valence-corrected chi connectivity index (χ2v) is 10.5. The Morgan fingerprint density at radius 1 is 1.00 bits per heavy atom. The van der Waals surface area contributed by atoms with E-state index in [1.54, 1.807) is 30.3 Å². The van der Waals surface area contributed by atoms with Crippen molar-refractivity contribution in [2.75, 3.05) is 5.32 Å². The molecule has 2 aromatic carbocycles. The summed E-state index contributed by atoms with van der Waals surface area (Å²) in [5.41, 5.74) is 0.284. The number of nitrogens with zero attached hydrogens (tertiary/aromatic N) is 1. The van der Waals surface area contributed by atoms with Gasteiger partial charge in [0, 0.05) is 48.4 Å². The Kier molecular flexibility index (Phi) is 9.37. The largest absolute Gasteiger partial charge is 0.433 e. The fourth-order valence-corrected chi connectivity index (χ4v) is 5.09. The molecular weight excluding hydrogens is 561 g/mol. The Bertz CT molecular complexity index is 1420. The molecule has 0 aliphatic heterocycles. The van der Waals surface area contributed by atoms with E-state index in [2.05, 4.69) is 20.9 Å². The molecule has 1 aliphatic rings. The number of benzene rings is 2. The van der Waals surface area contributed by atoms with E-state index < -0.39 is 23.9 Å². The lowest BCUT2D eigenvalue weighted by Crippen LogP contribution is -2.51. The summed E-state index contributed by atoms with van der Waals surface area (Å²) in [6, 6.07) is 11.1. The molecule has 2 amide bonds. The third-order valence-electron chi connectivity index (χ3n) is 6.81. The van der Waals surface area contributed by atoms with Crippen LogP contribution in [0.4, 0.5) is 18.9 Å². The van der Waals surface area contributed by atoms with E-state index >= 15 is 0 Å². The number of aromatic nitrogens is 1. The number of anilines is 1. The van der Waals surface area contributed by atoms with Crippen LogP contribution in [0.15, 0.2) is 48.5 Å². The monoisotopic (exact) mass is 590 g/mol. The van der Waals surface area contributed by atoms with Gasteiger partial charge in [-0.05, 0) is 67.6 Å². The molecular formula is C29H30ClF3N4O4. The molecule has 0 saturated heterocycles. The first-order valence-corrected chi connectivity index (χ1v) is 13.5. The molecule has 1 unspecified atom stereocenters. The predicted molar refractivity (Wildman–Crippen MR) is 149 cm³/mol. The summed E-state index contributed by atoms with van der Waals surface area (Å²) in [6.07, 6.45) is -1.94. The van der Waals surface area contributed by atoms with Gasteiger partial charge in [-0.3, -0.25) is 14.4 Å². The molecule has 3 N–H and O–H groups in total. The lowest BCUT2D eigenvalue weighted by atomic mass is 9.90. The van der Waals surface area contributed by atoms with Crippen LogP contribution < -0.4 is 20.7 Å². The van der Waals surface area contributed by atoms with Gasteiger partial charge in [-0.2, -0.15) is 13.2 Å². The maximum absolute atomic E-state index is 13.5. The molecule has 0 spiro atoms. The van der Waals surface area contributed by atoms with Crippen LogP contribution in [0.3, 0.4) is 0 Å². The smallest absolute Gasteiger partial charge is 0.427 e. The number of pyridine rings is 1. The van der Waals surface area contributed by atoms with Crippen LogP contribution in [0.2, 0.25) is 5.02 Å². The van der Waals surface area contributed by atoms with Crippen LogP contribution in [0, 0.1) is 0 Å². The molecule has 12 heteroatoms. The first-order chi connectivity index (χ1) is 19.4. The fourth-order valence-electron chi connectivity index (χ4n) is 4.92. The van der Waals surface area contributed by atoms with Gasteiger partial charge in [0.05, 0.1) is 5.52 Å². The number of hydrogen-bond acceptors (Lipinski definition) is 6. The maximum Gasteiger partial charge on any atom is 0.433 e. The number of fused-ring (bicyclic) bond motifs is 1. The summed E-state index contributed by atoms with van der Waals surface area (Å²) in [7, 11) is 0. The predicted octanol–water partition coefficient (Wildman–Crippen LogP) is 5.42. The van der Waals surface area contributed by atoms with E-state index in [0.717, 1.165) is 11.6 Å². The third-order valence-corrected chi connectivity index (χ3v) is 7.05. The zero-order valence-electron chi connectivity index (χ0n) is 22.5. The molecule has 0 bridgehead atoms. The first kappa shape index (κ1) is 30.1. The molecule has 1 atom stereocenters. The number of carbonyl (C=O) groups is 3. The number of amides is 2. The van der Waals surface area contributed by atoms with Gasteiger partial charge >= 0.3 is 12.1 Å². The highest BCUT2D eigenvalue weighted by atomic mass is 35.5. The molecule has 1 heterocycles. The minimum atomic E-state index is -4.60. The number of alkyl halides is 3. The number of rotatable bonds is 8. The molecule has 8 nitrogen and oxygen atoms in total. The molecule has 3 aromatic rings. The highest BCUT2D eigenvalue weighted by Crippen LogP contribution is 2.35. The van der Waals surface area contributed by atoms with Crippen molar-refractivity contribution in [2.45, 2.75) is 70.3 Å². The number of halogens is 4. The van der Waals surface area contributed by atoms with E-state index in [0.29, 0.717) is 47.5 Å². The Balaban J connectivity index is 1.38. The topological polar surface area (TPSA) is 109 Å². The summed E-state index contributed by atoms with van der Waals surface area (Å²) in [5.74, 6) is -0.741. The van der Waals surface area contributed by atoms with Gasteiger partial charge < -0.3 is 20.7 Å². The molecule has 218 valence electrons. The van der Waals surface area contributed by atoms with Gasteiger partial charge in [0.25, 0.3) is 0 Å². The van der Waals surface area contributed by atoms with Crippen LogP contribution in [0.5, 0.6) is 5.75 Å². The minimum absolute atomic E-state index is 0.115. The van der Waals surface area contributed by atoms with E-state index in [1.165, 1.54) is 26.0 Å². The summed E-state index contributed by atoms with van der Waals surface area (Å²) in [4.78, 5) is 39.8. The zero-order chi connectivity index (χ0) is 29.7. The number of nitrogens with one attached hydrogen (secondary N) is 3. The maximum atomic E-state index is 13.5. The standard InChI is InChI=1S/C29H30ClF3N4O4/c1-16(38)34-26(13-18-3-10-22(11-4-18)41-17(2)39)28(40)36-21-8-6-20(7-9-21)35-25-15-27(29(31,32)33)37-24-12-5-19(30)14-23(24)25/h3-5,10-12,14-15,20-21,26H,6-9,13H2,1-2H3,(H,34,38)(H,35,37)(H,36,40)/t20-,21+,26?. The number of esters is 1. The molecule has 41 heavy (non-hydrogen) atoms. The van der Waals surface area contributed by atoms with Crippen molar-refractivity contribution < 1.29 is 32.3 Å². The quantitative estimate of drug-likeness (QED) is 0.239. The van der Waals surface area contributed by atoms with Crippen molar-refractivity contribution >= 4 is 46.0 Å². The molecule has 0 radical (unpaired) electrons. The van der Waals surface area contributed by atoms with Gasteiger partial charge in [0.15, 0.2) is 0 Å². The van der Waals surface area contributed by atoms with Gasteiger partial charge in [0.2, 0.25) is 11.8 Å². The Morgan fingerprint density at radius 3 is 2.27 bits per heavy atom. The van der Waals surface area contributed by atoms with Crippen molar-refractivity contribution in [1.29, 1.82) is 0 Å². The highest BCUT2D eigenvalue weighted by Gasteiger charge is 2.34. The molecule has 1 aliphatic carbocycles. The van der Waals surface area contributed by atoms with Crippen LogP contribution in [0.1, 0.15) is 50.8 Å². The van der Waals surface area contributed by atoms with Crippen LogP contribution in [0.25, 0.3) is 10.9 Å². The van der Waals surface area contributed by atoms with Crippen LogP contribution >= 0.6 is 11.6 Å². The van der Waals surface area contributed by atoms with E-state index in [9.17, 15) is 27.6 Å². The normalized spacial score (nSPS) is 17.9. The summed E-state index contributed by atoms with van der Waals surface area (Å²) in [6.45, 7) is 2.64. The van der Waals surface area contributed by atoms with E-state index in [4.69, 9.17) is 16.3 Å². The van der Waals surface area contributed by atoms with Gasteiger partial charge in [0.1, 0.15) is 17.5 Å². The highest BCUT2D eigenvalue weighted by molar-refractivity contribution is 6.31. The van der Waals surface area contributed by atoms with Gasteiger partial charge in [-0.25, -0.2) is 4.98 Å². The van der Waals surface area contributed by atoms with Crippen molar-refractivity contribution in [3.63, 3.8) is 0 Å². The average molecular weight is 591 g/mol.